The van der Waals surface area contributed by atoms with Gasteiger partial charge in [0.2, 0.25) is 0 Å². The van der Waals surface area contributed by atoms with Gasteiger partial charge in [-0.2, -0.15) is 0 Å². The first-order chi connectivity index (χ1) is 15.2. The summed E-state index contributed by atoms with van der Waals surface area (Å²) in [6, 6.07) is 17.8. The zero-order chi connectivity index (χ0) is 21.5. The van der Waals surface area contributed by atoms with Crippen molar-refractivity contribution >= 4 is 0 Å². The van der Waals surface area contributed by atoms with E-state index in [4.69, 9.17) is 9.47 Å². The molecule has 0 radical (unpaired) electrons. The summed E-state index contributed by atoms with van der Waals surface area (Å²) in [5.41, 5.74) is 5.23. The van der Waals surface area contributed by atoms with Crippen LogP contribution in [0.4, 0.5) is 0 Å². The molecular weight excluding hydrogens is 380 g/mol. The highest BCUT2D eigenvalue weighted by Crippen LogP contribution is 2.31. The topological polar surface area (TPSA) is 18.5 Å². The molecule has 0 aromatic heterocycles. The third-order valence-electron chi connectivity index (χ3n) is 6.82. The van der Waals surface area contributed by atoms with E-state index in [0.29, 0.717) is 31.0 Å². The van der Waals surface area contributed by atoms with Gasteiger partial charge in [-0.3, -0.25) is 0 Å². The maximum atomic E-state index is 6.00. The standard InChI is InChI=1S/C29H36O2/c1-3-5-23-10-13-25(14-11-23)26-15-17-27(18-16-26)28-20-30-29(31-21-28)19-12-24-8-6-22(4-2)7-9-24/h4,10-19,22,24,28-29H,2-3,5-9,20-21H2,1H3/b19-12+. The van der Waals surface area contributed by atoms with Crippen LogP contribution in [0.15, 0.2) is 73.3 Å². The van der Waals surface area contributed by atoms with E-state index >= 15 is 0 Å². The molecule has 2 aromatic carbocycles. The first kappa shape index (κ1) is 22.0. The van der Waals surface area contributed by atoms with Gasteiger partial charge in [0.05, 0.1) is 13.2 Å². The van der Waals surface area contributed by atoms with Crippen molar-refractivity contribution in [2.75, 3.05) is 13.2 Å². The van der Waals surface area contributed by atoms with E-state index in [9.17, 15) is 0 Å². The second kappa shape index (κ2) is 10.9. The van der Waals surface area contributed by atoms with E-state index in [1.54, 1.807) is 0 Å². The molecule has 1 saturated heterocycles. The first-order valence-electron chi connectivity index (χ1n) is 12.0. The second-order valence-corrected chi connectivity index (χ2v) is 9.10. The lowest BCUT2D eigenvalue weighted by Crippen LogP contribution is -2.29. The molecule has 2 nitrogen and oxygen atoms in total. The highest BCUT2D eigenvalue weighted by Gasteiger charge is 2.23. The number of hydrogen-bond donors (Lipinski definition) is 0. The SMILES string of the molecule is C=CC1CCC(/C=C/C2OCC(c3ccc(-c4ccc(CCC)cc4)cc3)CO2)CC1. The van der Waals surface area contributed by atoms with Gasteiger partial charge in [0.15, 0.2) is 6.29 Å². The minimum atomic E-state index is -0.200. The fourth-order valence-corrected chi connectivity index (χ4v) is 4.74. The molecule has 1 saturated carbocycles. The maximum Gasteiger partial charge on any atom is 0.176 e. The average Bonchev–Trinajstić information content (AvgIpc) is 2.84. The molecule has 2 aromatic rings. The molecule has 1 aliphatic carbocycles. The van der Waals surface area contributed by atoms with Crippen LogP contribution in [0.1, 0.15) is 56.1 Å². The lowest BCUT2D eigenvalue weighted by atomic mass is 9.82. The fraction of sp³-hybridized carbons (Fsp3) is 0.448. The van der Waals surface area contributed by atoms with E-state index < -0.39 is 0 Å². The van der Waals surface area contributed by atoms with Gasteiger partial charge in [-0.1, -0.05) is 74.0 Å². The van der Waals surface area contributed by atoms with Crippen molar-refractivity contribution in [1.29, 1.82) is 0 Å². The summed E-state index contributed by atoms with van der Waals surface area (Å²) in [6.07, 6.45) is 13.7. The number of aryl methyl sites for hydroxylation is 1. The minimum Gasteiger partial charge on any atom is -0.348 e. The van der Waals surface area contributed by atoms with Gasteiger partial charge in [0.25, 0.3) is 0 Å². The van der Waals surface area contributed by atoms with Gasteiger partial charge >= 0.3 is 0 Å². The summed E-state index contributed by atoms with van der Waals surface area (Å²) < 4.78 is 12.0. The third kappa shape index (κ3) is 5.96. The van der Waals surface area contributed by atoms with Crippen LogP contribution in [0.3, 0.4) is 0 Å². The second-order valence-electron chi connectivity index (χ2n) is 9.10. The van der Waals surface area contributed by atoms with Crippen molar-refractivity contribution < 1.29 is 9.47 Å². The maximum absolute atomic E-state index is 6.00. The van der Waals surface area contributed by atoms with E-state index in [-0.39, 0.29) is 6.29 Å². The fourth-order valence-electron chi connectivity index (χ4n) is 4.74. The number of ether oxygens (including phenoxy) is 2. The summed E-state index contributed by atoms with van der Waals surface area (Å²) in [4.78, 5) is 0. The zero-order valence-electron chi connectivity index (χ0n) is 18.8. The Morgan fingerprint density at radius 3 is 1.97 bits per heavy atom. The first-order valence-corrected chi connectivity index (χ1v) is 12.0. The Balaban J connectivity index is 1.27. The Kier molecular flexibility index (Phi) is 7.77. The summed E-state index contributed by atoms with van der Waals surface area (Å²) in [6.45, 7) is 7.58. The van der Waals surface area contributed by atoms with Crippen LogP contribution >= 0.6 is 0 Å². The predicted molar refractivity (Wildman–Crippen MR) is 129 cm³/mol. The monoisotopic (exact) mass is 416 g/mol. The van der Waals surface area contributed by atoms with Crippen LogP contribution in [0.25, 0.3) is 11.1 Å². The van der Waals surface area contributed by atoms with E-state index in [2.05, 4.69) is 80.3 Å². The molecule has 0 amide bonds. The average molecular weight is 417 g/mol. The number of allylic oxidation sites excluding steroid dienone is 2. The Bertz CT molecular complexity index is 833. The molecule has 0 unspecified atom stereocenters. The van der Waals surface area contributed by atoms with Crippen LogP contribution in [-0.2, 0) is 15.9 Å². The molecule has 0 bridgehead atoms. The predicted octanol–water partition coefficient (Wildman–Crippen LogP) is 7.31. The van der Waals surface area contributed by atoms with Crippen LogP contribution in [-0.4, -0.2) is 19.5 Å². The van der Waals surface area contributed by atoms with E-state index in [1.165, 1.54) is 54.4 Å². The quantitative estimate of drug-likeness (QED) is 0.441. The lowest BCUT2D eigenvalue weighted by molar-refractivity contribution is -0.159. The Hall–Kier alpha value is -2.16. The lowest BCUT2D eigenvalue weighted by Gasteiger charge is -2.29. The Labute approximate surface area is 188 Å². The van der Waals surface area contributed by atoms with Crippen molar-refractivity contribution in [3.8, 4) is 11.1 Å². The van der Waals surface area contributed by atoms with Crippen molar-refractivity contribution in [2.24, 2.45) is 11.8 Å². The minimum absolute atomic E-state index is 0.200. The molecule has 0 atom stereocenters. The highest BCUT2D eigenvalue weighted by molar-refractivity contribution is 5.64. The smallest absolute Gasteiger partial charge is 0.176 e. The van der Waals surface area contributed by atoms with Gasteiger partial charge in [0, 0.05) is 5.92 Å². The van der Waals surface area contributed by atoms with Gasteiger partial charge in [0.1, 0.15) is 0 Å². The summed E-state index contributed by atoms with van der Waals surface area (Å²) in [5, 5.41) is 0. The molecule has 0 N–H and O–H groups in total. The number of rotatable bonds is 7. The highest BCUT2D eigenvalue weighted by atomic mass is 16.7. The molecule has 4 rings (SSSR count). The van der Waals surface area contributed by atoms with Gasteiger partial charge in [-0.05, 0) is 72.3 Å². The molecule has 2 heteroatoms. The molecule has 31 heavy (non-hydrogen) atoms. The van der Waals surface area contributed by atoms with Crippen molar-refractivity contribution in [3.63, 3.8) is 0 Å². The molecule has 0 spiro atoms. The van der Waals surface area contributed by atoms with Crippen molar-refractivity contribution in [1.82, 2.24) is 0 Å². The Morgan fingerprint density at radius 2 is 1.39 bits per heavy atom. The molecule has 164 valence electrons. The van der Waals surface area contributed by atoms with Gasteiger partial charge in [-0.15, -0.1) is 6.58 Å². The van der Waals surface area contributed by atoms with Crippen LogP contribution in [0, 0.1) is 11.8 Å². The molecule has 2 aliphatic rings. The van der Waals surface area contributed by atoms with E-state index in [1.807, 2.05) is 0 Å². The van der Waals surface area contributed by atoms with Crippen molar-refractivity contribution in [2.45, 2.75) is 57.7 Å². The van der Waals surface area contributed by atoms with Crippen LogP contribution in [0.5, 0.6) is 0 Å². The van der Waals surface area contributed by atoms with Gasteiger partial charge in [-0.25, -0.2) is 0 Å². The third-order valence-corrected chi connectivity index (χ3v) is 6.82. The van der Waals surface area contributed by atoms with E-state index in [0.717, 1.165) is 6.42 Å². The van der Waals surface area contributed by atoms with Crippen LogP contribution in [0.2, 0.25) is 0 Å². The summed E-state index contributed by atoms with van der Waals surface area (Å²) in [7, 11) is 0. The summed E-state index contributed by atoms with van der Waals surface area (Å²) >= 11 is 0. The Morgan fingerprint density at radius 1 is 0.806 bits per heavy atom. The molecule has 1 heterocycles. The van der Waals surface area contributed by atoms with Crippen molar-refractivity contribution in [3.05, 3.63) is 84.5 Å². The number of hydrogen-bond acceptors (Lipinski definition) is 2. The largest absolute Gasteiger partial charge is 0.348 e. The molecule has 1 aliphatic heterocycles. The van der Waals surface area contributed by atoms with Crippen LogP contribution < -0.4 is 0 Å². The molecule has 2 fully saturated rings. The number of benzene rings is 2. The normalized spacial score (nSPS) is 26.7. The van der Waals surface area contributed by atoms with Gasteiger partial charge < -0.3 is 9.47 Å². The molecular formula is C29H36O2. The zero-order valence-corrected chi connectivity index (χ0v) is 18.8. The summed E-state index contributed by atoms with van der Waals surface area (Å²) in [5.74, 6) is 1.66.